The molecule has 0 aliphatic carbocycles. The predicted octanol–water partition coefficient (Wildman–Crippen LogP) is 5.19. The maximum absolute atomic E-state index is 13.8. The fourth-order valence-corrected chi connectivity index (χ4v) is 5.98. The van der Waals surface area contributed by atoms with Gasteiger partial charge in [-0.05, 0) is 73.3 Å². The lowest BCUT2D eigenvalue weighted by Crippen LogP contribution is -2.39. The van der Waals surface area contributed by atoms with Crippen LogP contribution in [-0.2, 0) is 9.53 Å². The molecule has 2 aromatic carbocycles. The second kappa shape index (κ2) is 11.5. The van der Waals surface area contributed by atoms with Crippen LogP contribution >= 0.6 is 23.1 Å². The van der Waals surface area contributed by atoms with Crippen molar-refractivity contribution in [3.8, 4) is 17.1 Å². The minimum Gasteiger partial charge on any atom is -0.496 e. The van der Waals surface area contributed by atoms with Gasteiger partial charge < -0.3 is 13.9 Å². The van der Waals surface area contributed by atoms with E-state index in [2.05, 4.69) is 10.2 Å². The Labute approximate surface area is 237 Å². The molecule has 0 saturated carbocycles. The van der Waals surface area contributed by atoms with Gasteiger partial charge in [-0.1, -0.05) is 23.5 Å². The highest BCUT2D eigenvalue weighted by molar-refractivity contribution is 7.98. The van der Waals surface area contributed by atoms with Gasteiger partial charge in [0.15, 0.2) is 4.80 Å². The molecule has 5 rings (SSSR count). The second-order valence-corrected chi connectivity index (χ2v) is 10.6. The highest BCUT2D eigenvalue weighted by Crippen LogP contribution is 2.35. The van der Waals surface area contributed by atoms with Crippen LogP contribution in [0.1, 0.15) is 31.2 Å². The number of rotatable bonds is 8. The van der Waals surface area contributed by atoms with Gasteiger partial charge >= 0.3 is 5.97 Å². The molecule has 1 aliphatic rings. The Balaban J connectivity index is 1.63. The summed E-state index contributed by atoms with van der Waals surface area (Å²) in [5, 5.41) is 2.99. The number of esters is 1. The number of carbonyl (C=O) groups is 1. The van der Waals surface area contributed by atoms with E-state index in [1.54, 1.807) is 62.0 Å². The molecule has 204 valence electrons. The van der Waals surface area contributed by atoms with Crippen molar-refractivity contribution >= 4 is 40.8 Å². The van der Waals surface area contributed by atoms with Crippen molar-refractivity contribution in [3.63, 3.8) is 0 Å². The van der Waals surface area contributed by atoms with Crippen LogP contribution in [0.5, 0.6) is 5.75 Å². The van der Waals surface area contributed by atoms with Crippen LogP contribution in [0.4, 0.5) is 5.69 Å². The zero-order chi connectivity index (χ0) is 28.4. The lowest BCUT2D eigenvalue weighted by molar-refractivity contribution is -0.139. The molecular weight excluding hydrogens is 550 g/mol. The number of hydrogen-bond donors (Lipinski definition) is 0. The van der Waals surface area contributed by atoms with E-state index in [0.717, 1.165) is 10.5 Å². The first-order valence-corrected chi connectivity index (χ1v) is 14.4. The van der Waals surface area contributed by atoms with Crippen LogP contribution in [-0.4, -0.2) is 30.5 Å². The second-order valence-electron chi connectivity index (χ2n) is 8.75. The Hall–Kier alpha value is -4.22. The minimum absolute atomic E-state index is 0.204. The molecule has 40 heavy (non-hydrogen) atoms. The number of ether oxygens (including phenoxy) is 2. The average molecular weight is 576 g/mol. The molecule has 9 nitrogen and oxygen atoms in total. The number of fused-ring (bicyclic) bond motifs is 1. The summed E-state index contributed by atoms with van der Waals surface area (Å²) in [7, 11) is 1.52. The third-order valence-electron chi connectivity index (χ3n) is 6.40. The molecular formula is C29H25N3O6S2. The van der Waals surface area contributed by atoms with Gasteiger partial charge in [0.25, 0.3) is 5.56 Å². The van der Waals surface area contributed by atoms with Crippen LogP contribution in [0.25, 0.3) is 17.4 Å². The van der Waals surface area contributed by atoms with E-state index in [0.29, 0.717) is 43.4 Å². The zero-order valence-corrected chi connectivity index (χ0v) is 23.8. The fraction of sp³-hybridized carbons (Fsp3) is 0.207. The van der Waals surface area contributed by atoms with Crippen molar-refractivity contribution in [2.45, 2.75) is 24.8 Å². The van der Waals surface area contributed by atoms with Gasteiger partial charge in [-0.25, -0.2) is 9.79 Å². The summed E-state index contributed by atoms with van der Waals surface area (Å²) in [6, 6.07) is 15.3. The lowest BCUT2D eigenvalue weighted by atomic mass is 9.96. The van der Waals surface area contributed by atoms with Gasteiger partial charge in [0.05, 0.1) is 41.1 Å². The van der Waals surface area contributed by atoms with E-state index >= 15 is 0 Å². The van der Waals surface area contributed by atoms with Crippen molar-refractivity contribution in [1.82, 2.24) is 4.57 Å². The maximum Gasteiger partial charge on any atom is 0.338 e. The Morgan fingerprint density at radius 2 is 1.98 bits per heavy atom. The molecule has 0 N–H and O–H groups in total. The number of thioether (sulfide) groups is 1. The van der Waals surface area contributed by atoms with Crippen LogP contribution < -0.4 is 19.6 Å². The smallest absolute Gasteiger partial charge is 0.338 e. The summed E-state index contributed by atoms with van der Waals surface area (Å²) in [5.41, 5.74) is 2.10. The van der Waals surface area contributed by atoms with Gasteiger partial charge in [0, 0.05) is 11.0 Å². The molecule has 0 saturated heterocycles. The van der Waals surface area contributed by atoms with Crippen LogP contribution in [0.3, 0.4) is 0 Å². The quantitative estimate of drug-likeness (QED) is 0.162. The Bertz CT molecular complexity index is 1820. The summed E-state index contributed by atoms with van der Waals surface area (Å²) in [5.74, 6) is 0.887. The summed E-state index contributed by atoms with van der Waals surface area (Å²) in [6.45, 7) is 3.70. The number of thiazole rings is 1. The van der Waals surface area contributed by atoms with E-state index in [4.69, 9.17) is 13.9 Å². The van der Waals surface area contributed by atoms with Gasteiger partial charge in [-0.2, -0.15) is 0 Å². The number of hydrogen-bond acceptors (Lipinski definition) is 10. The molecule has 0 fully saturated rings. The van der Waals surface area contributed by atoms with Gasteiger partial charge in [-0.15, -0.1) is 16.7 Å². The molecule has 1 unspecified atom stereocenters. The van der Waals surface area contributed by atoms with E-state index in [9.17, 15) is 14.5 Å². The molecule has 3 heterocycles. The monoisotopic (exact) mass is 575 g/mol. The standard InChI is InChI=1S/C29H25N3O6S2/c1-5-37-28(34)25-16(2)30-29-32(26(25)17-6-10-20(39-4)11-7-17)27(33)24(40-29)15-19-9-13-23(38-19)21-14-18(31-35)8-12-22(21)36-3/h6-15,26H,5H2,1-4H3/b24-15-. The normalized spacial score (nSPS) is 15.0. The van der Waals surface area contributed by atoms with Crippen molar-refractivity contribution in [1.29, 1.82) is 0 Å². The number of nitroso groups, excluding NO2 is 1. The first kappa shape index (κ1) is 27.4. The topological polar surface area (TPSA) is 112 Å². The molecule has 0 spiro atoms. The first-order valence-electron chi connectivity index (χ1n) is 12.3. The lowest BCUT2D eigenvalue weighted by Gasteiger charge is -2.24. The van der Waals surface area contributed by atoms with E-state index in [1.807, 2.05) is 30.5 Å². The third kappa shape index (κ3) is 5.05. The molecule has 0 amide bonds. The number of nitrogens with zero attached hydrogens (tertiary/aromatic N) is 3. The molecule has 1 atom stereocenters. The van der Waals surface area contributed by atoms with E-state index < -0.39 is 12.0 Å². The van der Waals surface area contributed by atoms with Crippen molar-refractivity contribution < 1.29 is 18.7 Å². The first-order chi connectivity index (χ1) is 19.4. The Morgan fingerprint density at radius 1 is 1.20 bits per heavy atom. The number of carbonyl (C=O) groups excluding carboxylic acids is 1. The molecule has 0 bridgehead atoms. The molecule has 11 heteroatoms. The van der Waals surface area contributed by atoms with Crippen LogP contribution in [0, 0.1) is 4.91 Å². The van der Waals surface area contributed by atoms with Crippen LogP contribution in [0.15, 0.2) is 90.1 Å². The number of aromatic nitrogens is 1. The number of allylic oxidation sites excluding steroid dienone is 1. The zero-order valence-electron chi connectivity index (χ0n) is 22.2. The largest absolute Gasteiger partial charge is 0.496 e. The fourth-order valence-electron chi connectivity index (χ4n) is 4.54. The summed E-state index contributed by atoms with van der Waals surface area (Å²) >= 11 is 2.82. The summed E-state index contributed by atoms with van der Waals surface area (Å²) < 4.78 is 18.7. The van der Waals surface area contributed by atoms with Crippen molar-refractivity contribution in [3.05, 3.63) is 102 Å². The minimum atomic E-state index is -0.691. The Kier molecular flexibility index (Phi) is 7.85. The molecule has 1 aliphatic heterocycles. The SMILES string of the molecule is CCOC(=O)C1=C(C)N=c2s/c(=C\c3ccc(-c4cc(N=O)ccc4OC)o3)c(=O)n2C1c1ccc(SC)cc1. The highest BCUT2D eigenvalue weighted by atomic mass is 32.2. The molecule has 4 aromatic rings. The van der Waals surface area contributed by atoms with E-state index in [-0.39, 0.29) is 17.9 Å². The predicted molar refractivity (Wildman–Crippen MR) is 155 cm³/mol. The average Bonchev–Trinajstić information content (AvgIpc) is 3.56. The van der Waals surface area contributed by atoms with Crippen molar-refractivity contribution in [2.75, 3.05) is 20.0 Å². The summed E-state index contributed by atoms with van der Waals surface area (Å²) in [6.07, 6.45) is 3.62. The number of benzene rings is 2. The van der Waals surface area contributed by atoms with Gasteiger partial charge in [-0.3, -0.25) is 9.36 Å². The van der Waals surface area contributed by atoms with E-state index in [1.165, 1.54) is 23.0 Å². The Morgan fingerprint density at radius 3 is 2.65 bits per heavy atom. The number of methoxy groups -OCH3 is 1. The maximum atomic E-state index is 13.8. The van der Waals surface area contributed by atoms with Gasteiger partial charge in [0.1, 0.15) is 23.0 Å². The third-order valence-corrected chi connectivity index (χ3v) is 8.13. The van der Waals surface area contributed by atoms with Gasteiger partial charge in [0.2, 0.25) is 0 Å². The molecule has 0 radical (unpaired) electrons. The van der Waals surface area contributed by atoms with Crippen LogP contribution in [0.2, 0.25) is 0 Å². The number of furan rings is 1. The highest BCUT2D eigenvalue weighted by Gasteiger charge is 2.33. The van der Waals surface area contributed by atoms with Crippen molar-refractivity contribution in [2.24, 2.45) is 10.2 Å². The molecule has 2 aromatic heterocycles. The summed E-state index contributed by atoms with van der Waals surface area (Å²) in [4.78, 5) is 44.1.